The summed E-state index contributed by atoms with van der Waals surface area (Å²) in [5.74, 6) is -1.11. The predicted molar refractivity (Wildman–Crippen MR) is 43.4 cm³/mol. The van der Waals surface area contributed by atoms with Gasteiger partial charge >= 0.3 is 6.18 Å². The van der Waals surface area contributed by atoms with Crippen LogP contribution in [0.5, 0.6) is 0 Å². The molecule has 0 aliphatic rings. The third kappa shape index (κ3) is 1.28. The van der Waals surface area contributed by atoms with Gasteiger partial charge in [0.25, 0.3) is 0 Å². The van der Waals surface area contributed by atoms with E-state index in [0.717, 1.165) is 0 Å². The Morgan fingerprint density at radius 3 is 2.64 bits per heavy atom. The second-order valence-electron chi connectivity index (χ2n) is 2.79. The average Bonchev–Trinajstić information content (AvgIpc) is 2.45. The number of alkyl halides is 3. The van der Waals surface area contributed by atoms with Gasteiger partial charge < -0.3 is 10.3 Å². The highest BCUT2D eigenvalue weighted by Gasteiger charge is 2.38. The summed E-state index contributed by atoms with van der Waals surface area (Å²) in [5.41, 5.74) is 5.75. The number of hydrogen-bond acceptors (Lipinski definition) is 3. The average molecular weight is 202 g/mol. The van der Waals surface area contributed by atoms with Crippen molar-refractivity contribution >= 4 is 16.6 Å². The van der Waals surface area contributed by atoms with Crippen LogP contribution in [-0.2, 0) is 6.18 Å². The quantitative estimate of drug-likeness (QED) is 0.667. The molecular formula is C8H5F3N2O. The Morgan fingerprint density at radius 1 is 1.29 bits per heavy atom. The zero-order valence-electron chi connectivity index (χ0n) is 6.80. The number of nitrogen functional groups attached to an aromatic ring is 1. The maximum atomic E-state index is 12.3. The van der Waals surface area contributed by atoms with Crippen LogP contribution in [0.2, 0.25) is 0 Å². The molecule has 3 nitrogen and oxygen atoms in total. The molecule has 2 aromatic rings. The number of nitrogens with two attached hydrogens (primary N) is 1. The molecule has 0 bridgehead atoms. The van der Waals surface area contributed by atoms with Crippen molar-refractivity contribution in [1.82, 2.24) is 5.16 Å². The van der Waals surface area contributed by atoms with Crippen LogP contribution in [0.25, 0.3) is 10.9 Å². The normalized spacial score (nSPS) is 12.2. The maximum absolute atomic E-state index is 12.3. The molecule has 2 N–H and O–H groups in total. The Kier molecular flexibility index (Phi) is 1.67. The standard InChI is InChI=1S/C8H5F3N2O/c9-8(10,11)7-5-3-4(12)1-2-6(5)13-14-7/h1-3H,12H2. The van der Waals surface area contributed by atoms with Crippen molar-refractivity contribution in [2.45, 2.75) is 6.18 Å². The van der Waals surface area contributed by atoms with Crippen LogP contribution in [0.1, 0.15) is 5.76 Å². The Balaban J connectivity index is 2.73. The van der Waals surface area contributed by atoms with Gasteiger partial charge in [-0.15, -0.1) is 0 Å². The van der Waals surface area contributed by atoms with E-state index in [1.807, 2.05) is 0 Å². The van der Waals surface area contributed by atoms with Gasteiger partial charge in [-0.3, -0.25) is 0 Å². The summed E-state index contributed by atoms with van der Waals surface area (Å²) in [6.07, 6.45) is -4.54. The molecule has 0 radical (unpaired) electrons. The van der Waals surface area contributed by atoms with Gasteiger partial charge in [0.1, 0.15) is 5.52 Å². The van der Waals surface area contributed by atoms with Crippen LogP contribution in [0.4, 0.5) is 18.9 Å². The Morgan fingerprint density at radius 2 is 2.00 bits per heavy atom. The van der Waals surface area contributed by atoms with Crippen molar-refractivity contribution in [3.8, 4) is 0 Å². The van der Waals surface area contributed by atoms with Crippen LogP contribution in [0.3, 0.4) is 0 Å². The molecule has 1 aromatic carbocycles. The molecule has 1 heterocycles. The molecule has 0 fully saturated rings. The van der Waals surface area contributed by atoms with Crippen molar-refractivity contribution in [3.63, 3.8) is 0 Å². The molecule has 0 unspecified atom stereocenters. The molecule has 0 atom stereocenters. The zero-order chi connectivity index (χ0) is 10.3. The fourth-order valence-electron chi connectivity index (χ4n) is 1.16. The van der Waals surface area contributed by atoms with Crippen molar-refractivity contribution in [3.05, 3.63) is 24.0 Å². The Bertz CT molecular complexity index is 475. The number of fused-ring (bicyclic) bond motifs is 1. The van der Waals surface area contributed by atoms with Gasteiger partial charge in [-0.1, -0.05) is 5.16 Å². The summed E-state index contributed by atoms with van der Waals surface area (Å²) in [7, 11) is 0. The number of halogens is 3. The third-order valence-electron chi connectivity index (χ3n) is 1.76. The number of rotatable bonds is 0. The largest absolute Gasteiger partial charge is 0.453 e. The number of aromatic nitrogens is 1. The number of benzene rings is 1. The van der Waals surface area contributed by atoms with E-state index in [1.54, 1.807) is 0 Å². The van der Waals surface area contributed by atoms with Crippen molar-refractivity contribution in [2.75, 3.05) is 5.73 Å². The minimum Gasteiger partial charge on any atom is -0.399 e. The van der Waals surface area contributed by atoms with Crippen molar-refractivity contribution in [1.29, 1.82) is 0 Å². The molecule has 0 spiro atoms. The summed E-state index contributed by atoms with van der Waals surface area (Å²) in [6.45, 7) is 0. The van der Waals surface area contributed by atoms with Crippen LogP contribution < -0.4 is 5.73 Å². The molecule has 14 heavy (non-hydrogen) atoms. The lowest BCUT2D eigenvalue weighted by Gasteiger charge is -2.00. The van der Waals surface area contributed by atoms with E-state index in [2.05, 4.69) is 9.68 Å². The Hall–Kier alpha value is -1.72. The monoisotopic (exact) mass is 202 g/mol. The van der Waals surface area contributed by atoms with E-state index in [9.17, 15) is 13.2 Å². The first kappa shape index (κ1) is 8.86. The van der Waals surface area contributed by atoms with E-state index >= 15 is 0 Å². The first-order valence-electron chi connectivity index (χ1n) is 3.70. The first-order valence-corrected chi connectivity index (χ1v) is 3.70. The van der Waals surface area contributed by atoms with E-state index < -0.39 is 11.9 Å². The number of hydrogen-bond donors (Lipinski definition) is 1. The lowest BCUT2D eigenvalue weighted by atomic mass is 10.2. The molecule has 1 aromatic heterocycles. The first-order chi connectivity index (χ1) is 6.48. The smallest absolute Gasteiger partial charge is 0.399 e. The maximum Gasteiger partial charge on any atom is 0.453 e. The molecule has 0 aliphatic carbocycles. The van der Waals surface area contributed by atoms with E-state index in [1.165, 1.54) is 18.2 Å². The molecule has 0 saturated heterocycles. The fourth-order valence-corrected chi connectivity index (χ4v) is 1.16. The molecule has 0 amide bonds. The molecular weight excluding hydrogens is 197 g/mol. The van der Waals surface area contributed by atoms with Gasteiger partial charge in [0, 0.05) is 5.69 Å². The van der Waals surface area contributed by atoms with Crippen LogP contribution in [-0.4, -0.2) is 5.16 Å². The Labute approximate surface area is 76.3 Å². The second-order valence-corrected chi connectivity index (χ2v) is 2.79. The van der Waals surface area contributed by atoms with Crippen molar-refractivity contribution in [2.24, 2.45) is 0 Å². The fraction of sp³-hybridized carbons (Fsp3) is 0.125. The van der Waals surface area contributed by atoms with E-state index in [4.69, 9.17) is 5.73 Å². The van der Waals surface area contributed by atoms with E-state index in [0.29, 0.717) is 0 Å². The molecule has 0 aliphatic heterocycles. The molecule has 6 heteroatoms. The van der Waals surface area contributed by atoms with Gasteiger partial charge in [-0.25, -0.2) is 0 Å². The van der Waals surface area contributed by atoms with Crippen LogP contribution in [0, 0.1) is 0 Å². The van der Waals surface area contributed by atoms with Crippen LogP contribution in [0.15, 0.2) is 22.7 Å². The van der Waals surface area contributed by atoms with Gasteiger partial charge in [-0.05, 0) is 18.2 Å². The summed E-state index contributed by atoms with van der Waals surface area (Å²) < 4.78 is 41.1. The minimum absolute atomic E-state index is 0.113. The lowest BCUT2D eigenvalue weighted by molar-refractivity contribution is -0.154. The highest BCUT2D eigenvalue weighted by molar-refractivity contribution is 5.83. The summed E-state index contributed by atoms with van der Waals surface area (Å²) in [5, 5.41) is 3.16. The lowest BCUT2D eigenvalue weighted by Crippen LogP contribution is -2.03. The highest BCUT2D eigenvalue weighted by atomic mass is 19.4. The molecule has 74 valence electrons. The van der Waals surface area contributed by atoms with Gasteiger partial charge in [-0.2, -0.15) is 13.2 Å². The molecule has 2 rings (SSSR count). The highest BCUT2D eigenvalue weighted by Crippen LogP contribution is 2.35. The topological polar surface area (TPSA) is 52.0 Å². The zero-order valence-corrected chi connectivity index (χ0v) is 6.80. The minimum atomic E-state index is -4.54. The van der Waals surface area contributed by atoms with Gasteiger partial charge in [0.05, 0.1) is 5.39 Å². The third-order valence-corrected chi connectivity index (χ3v) is 1.76. The summed E-state index contributed by atoms with van der Waals surface area (Å²) >= 11 is 0. The number of anilines is 1. The predicted octanol–water partition coefficient (Wildman–Crippen LogP) is 2.43. The number of nitrogens with zero attached hydrogens (tertiary/aromatic N) is 1. The van der Waals surface area contributed by atoms with E-state index in [-0.39, 0.29) is 16.6 Å². The van der Waals surface area contributed by atoms with Crippen LogP contribution >= 0.6 is 0 Å². The van der Waals surface area contributed by atoms with Gasteiger partial charge in [0.15, 0.2) is 0 Å². The SMILES string of the molecule is Nc1ccc2noc(C(F)(F)F)c2c1. The summed E-state index contributed by atoms with van der Waals surface area (Å²) in [4.78, 5) is 0. The van der Waals surface area contributed by atoms with Crippen molar-refractivity contribution < 1.29 is 17.7 Å². The van der Waals surface area contributed by atoms with Gasteiger partial charge in [0.2, 0.25) is 5.76 Å². The summed E-state index contributed by atoms with van der Waals surface area (Å²) in [6, 6.07) is 4.03. The molecule has 0 saturated carbocycles. The second kappa shape index (κ2) is 2.63.